The van der Waals surface area contributed by atoms with Gasteiger partial charge in [-0.1, -0.05) is 0 Å². The van der Waals surface area contributed by atoms with E-state index in [9.17, 15) is 0 Å². The Bertz CT molecular complexity index is 304. The third-order valence-corrected chi connectivity index (χ3v) is 3.71. The van der Waals surface area contributed by atoms with Gasteiger partial charge in [0.05, 0.1) is 0 Å². The highest BCUT2D eigenvalue weighted by molar-refractivity contribution is 7.11. The van der Waals surface area contributed by atoms with E-state index in [1.807, 2.05) is 11.3 Å². The summed E-state index contributed by atoms with van der Waals surface area (Å²) in [6, 6.07) is 5.28. The van der Waals surface area contributed by atoms with E-state index in [-0.39, 0.29) is 0 Å². The van der Waals surface area contributed by atoms with Gasteiger partial charge in [-0.2, -0.15) is 0 Å². The Balaban J connectivity index is 1.64. The number of hydrogen-bond acceptors (Lipinski definition) is 3. The Morgan fingerprint density at radius 2 is 2.27 bits per heavy atom. The molecular formula is C12H20N2S. The Hall–Kier alpha value is -0.380. The summed E-state index contributed by atoms with van der Waals surface area (Å²) in [7, 11) is 2.20. The molecule has 1 aromatic heterocycles. The van der Waals surface area contributed by atoms with Gasteiger partial charge in [-0.05, 0) is 38.9 Å². The monoisotopic (exact) mass is 224 g/mol. The third-order valence-electron chi connectivity index (χ3n) is 2.73. The molecule has 0 atom stereocenters. The van der Waals surface area contributed by atoms with Gasteiger partial charge in [0.2, 0.25) is 0 Å². The fraction of sp³-hybridized carbons (Fsp3) is 0.667. The van der Waals surface area contributed by atoms with Crippen LogP contribution in [0.15, 0.2) is 12.1 Å². The predicted molar refractivity (Wildman–Crippen MR) is 66.4 cm³/mol. The maximum Gasteiger partial charge on any atom is 0.0325 e. The standard InChI is InChI=1S/C12H20N2S/c1-10-3-6-12(15-10)9-14(2)8-7-13-11-4-5-11/h3,6,11,13H,4-5,7-9H2,1-2H3. The Labute approximate surface area is 96.3 Å². The fourth-order valence-corrected chi connectivity index (χ4v) is 2.63. The summed E-state index contributed by atoms with van der Waals surface area (Å²) in [5.41, 5.74) is 0. The van der Waals surface area contributed by atoms with E-state index in [1.54, 1.807) is 0 Å². The summed E-state index contributed by atoms with van der Waals surface area (Å²) in [4.78, 5) is 5.27. The van der Waals surface area contributed by atoms with Gasteiger partial charge in [-0.15, -0.1) is 11.3 Å². The summed E-state index contributed by atoms with van der Waals surface area (Å²) in [5, 5.41) is 3.54. The van der Waals surface area contributed by atoms with Gasteiger partial charge in [-0.25, -0.2) is 0 Å². The van der Waals surface area contributed by atoms with Gasteiger partial charge in [0, 0.05) is 35.4 Å². The predicted octanol–water partition coefficient (Wildman–Crippen LogP) is 2.24. The molecule has 1 aliphatic rings. The van der Waals surface area contributed by atoms with Crippen LogP contribution in [0.4, 0.5) is 0 Å². The van der Waals surface area contributed by atoms with E-state index in [0.29, 0.717) is 0 Å². The van der Waals surface area contributed by atoms with Gasteiger partial charge in [-0.3, -0.25) is 0 Å². The zero-order valence-corrected chi connectivity index (χ0v) is 10.4. The van der Waals surface area contributed by atoms with Crippen molar-refractivity contribution in [2.75, 3.05) is 20.1 Å². The van der Waals surface area contributed by atoms with E-state index in [2.05, 4.69) is 36.3 Å². The Morgan fingerprint density at radius 3 is 2.87 bits per heavy atom. The Morgan fingerprint density at radius 1 is 1.47 bits per heavy atom. The molecule has 0 unspecified atom stereocenters. The molecule has 3 heteroatoms. The average molecular weight is 224 g/mol. The maximum absolute atomic E-state index is 3.54. The van der Waals surface area contributed by atoms with Gasteiger partial charge < -0.3 is 10.2 Å². The van der Waals surface area contributed by atoms with Gasteiger partial charge in [0.1, 0.15) is 0 Å². The summed E-state index contributed by atoms with van der Waals surface area (Å²) < 4.78 is 0. The topological polar surface area (TPSA) is 15.3 Å². The molecule has 84 valence electrons. The number of thiophene rings is 1. The van der Waals surface area contributed by atoms with Crippen molar-refractivity contribution in [1.29, 1.82) is 0 Å². The maximum atomic E-state index is 3.54. The van der Waals surface area contributed by atoms with E-state index in [0.717, 1.165) is 25.7 Å². The third kappa shape index (κ3) is 3.93. The first-order chi connectivity index (χ1) is 7.24. The zero-order chi connectivity index (χ0) is 10.7. The van der Waals surface area contributed by atoms with E-state index < -0.39 is 0 Å². The average Bonchev–Trinajstić information content (AvgIpc) is 2.91. The van der Waals surface area contributed by atoms with Crippen molar-refractivity contribution in [1.82, 2.24) is 10.2 Å². The van der Waals surface area contributed by atoms with E-state index in [4.69, 9.17) is 0 Å². The quantitative estimate of drug-likeness (QED) is 0.797. The molecule has 2 nitrogen and oxygen atoms in total. The van der Waals surface area contributed by atoms with Gasteiger partial charge in [0.25, 0.3) is 0 Å². The first kappa shape index (κ1) is 11.1. The molecule has 0 amide bonds. The van der Waals surface area contributed by atoms with Gasteiger partial charge in [0.15, 0.2) is 0 Å². The molecule has 0 spiro atoms. The minimum absolute atomic E-state index is 0.836. The molecule has 1 aliphatic carbocycles. The highest BCUT2D eigenvalue weighted by Crippen LogP contribution is 2.18. The molecular weight excluding hydrogens is 204 g/mol. The summed E-state index contributed by atoms with van der Waals surface area (Å²) in [6.45, 7) is 5.53. The number of hydrogen-bond donors (Lipinski definition) is 1. The molecule has 0 bridgehead atoms. The number of likely N-dealkylation sites (N-methyl/N-ethyl adjacent to an activating group) is 1. The SMILES string of the molecule is Cc1ccc(CN(C)CCNC2CC2)s1. The molecule has 2 rings (SSSR count). The summed E-state index contributed by atoms with van der Waals surface area (Å²) in [6.07, 6.45) is 2.77. The molecule has 1 fully saturated rings. The van der Waals surface area contributed by atoms with Crippen LogP contribution in [0, 0.1) is 6.92 Å². The van der Waals surface area contributed by atoms with Crippen molar-refractivity contribution < 1.29 is 0 Å². The number of nitrogens with zero attached hydrogens (tertiary/aromatic N) is 1. The minimum atomic E-state index is 0.836. The largest absolute Gasteiger partial charge is 0.313 e. The molecule has 0 radical (unpaired) electrons. The highest BCUT2D eigenvalue weighted by atomic mass is 32.1. The lowest BCUT2D eigenvalue weighted by Gasteiger charge is -2.15. The van der Waals surface area contributed by atoms with E-state index in [1.165, 1.54) is 22.6 Å². The van der Waals surface area contributed by atoms with Crippen LogP contribution >= 0.6 is 11.3 Å². The number of nitrogens with one attached hydrogen (secondary N) is 1. The normalized spacial score (nSPS) is 16.2. The lowest BCUT2D eigenvalue weighted by Crippen LogP contribution is -2.29. The molecule has 1 aromatic rings. The van der Waals surface area contributed by atoms with Crippen LogP contribution in [-0.4, -0.2) is 31.1 Å². The molecule has 1 N–H and O–H groups in total. The van der Waals surface area contributed by atoms with Crippen molar-refractivity contribution in [3.8, 4) is 0 Å². The van der Waals surface area contributed by atoms with Crippen LogP contribution in [-0.2, 0) is 6.54 Å². The Kier molecular flexibility index (Phi) is 3.78. The van der Waals surface area contributed by atoms with Crippen molar-refractivity contribution in [3.63, 3.8) is 0 Å². The molecule has 0 aromatic carbocycles. The first-order valence-electron chi connectivity index (χ1n) is 5.71. The van der Waals surface area contributed by atoms with E-state index >= 15 is 0 Å². The molecule has 1 heterocycles. The van der Waals surface area contributed by atoms with Crippen LogP contribution in [0.2, 0.25) is 0 Å². The van der Waals surface area contributed by atoms with Crippen molar-refractivity contribution in [3.05, 3.63) is 21.9 Å². The van der Waals surface area contributed by atoms with Crippen molar-refractivity contribution in [2.45, 2.75) is 32.4 Å². The second-order valence-electron chi connectivity index (χ2n) is 4.48. The van der Waals surface area contributed by atoms with Crippen LogP contribution in [0.3, 0.4) is 0 Å². The minimum Gasteiger partial charge on any atom is -0.313 e. The summed E-state index contributed by atoms with van der Waals surface area (Å²) >= 11 is 1.91. The number of rotatable bonds is 6. The first-order valence-corrected chi connectivity index (χ1v) is 6.53. The zero-order valence-electron chi connectivity index (χ0n) is 9.62. The van der Waals surface area contributed by atoms with Crippen LogP contribution in [0.5, 0.6) is 0 Å². The second-order valence-corrected chi connectivity index (χ2v) is 5.85. The molecule has 0 aliphatic heterocycles. The smallest absolute Gasteiger partial charge is 0.0325 e. The lowest BCUT2D eigenvalue weighted by atomic mass is 10.4. The lowest BCUT2D eigenvalue weighted by molar-refractivity contribution is 0.327. The van der Waals surface area contributed by atoms with Crippen molar-refractivity contribution >= 4 is 11.3 Å². The molecule has 15 heavy (non-hydrogen) atoms. The van der Waals surface area contributed by atoms with Crippen LogP contribution in [0.25, 0.3) is 0 Å². The van der Waals surface area contributed by atoms with Crippen LogP contribution in [0.1, 0.15) is 22.6 Å². The van der Waals surface area contributed by atoms with Gasteiger partial charge >= 0.3 is 0 Å². The molecule has 0 saturated heterocycles. The number of aryl methyl sites for hydroxylation is 1. The molecule has 1 saturated carbocycles. The van der Waals surface area contributed by atoms with Crippen LogP contribution < -0.4 is 5.32 Å². The highest BCUT2D eigenvalue weighted by Gasteiger charge is 2.19. The van der Waals surface area contributed by atoms with Crippen molar-refractivity contribution in [2.24, 2.45) is 0 Å². The fourth-order valence-electron chi connectivity index (χ4n) is 1.66. The second kappa shape index (κ2) is 5.10. The summed E-state index contributed by atoms with van der Waals surface area (Å²) in [5.74, 6) is 0.